The topological polar surface area (TPSA) is 62.6 Å². The number of furan rings is 1. The molecule has 2 aromatic rings. The number of piperidine rings is 1. The van der Waals surface area contributed by atoms with Crippen LogP contribution in [-0.2, 0) is 16.0 Å². The minimum Gasteiger partial charge on any atom is -0.464 e. The lowest BCUT2D eigenvalue weighted by Crippen LogP contribution is -2.49. The van der Waals surface area contributed by atoms with Gasteiger partial charge in [0.15, 0.2) is 0 Å². The Hall–Kier alpha value is -2.30. The molecule has 1 aromatic carbocycles. The van der Waals surface area contributed by atoms with Gasteiger partial charge < -0.3 is 14.6 Å². The van der Waals surface area contributed by atoms with Crippen molar-refractivity contribution in [2.75, 3.05) is 13.1 Å². The van der Waals surface area contributed by atoms with Crippen molar-refractivity contribution in [1.82, 2.24) is 10.2 Å². The summed E-state index contributed by atoms with van der Waals surface area (Å²) in [5, 5.41) is 4.07. The van der Waals surface area contributed by atoms with E-state index in [9.17, 15) is 9.59 Å². The number of carbonyl (C=O) groups excluding carboxylic acids is 2. The molecule has 0 aliphatic carbocycles. The van der Waals surface area contributed by atoms with E-state index in [0.29, 0.717) is 25.3 Å². The van der Waals surface area contributed by atoms with Crippen molar-refractivity contribution in [2.45, 2.75) is 46.1 Å². The molecule has 2 fully saturated rings. The second-order valence-electron chi connectivity index (χ2n) is 7.54. The lowest BCUT2D eigenvalue weighted by Gasteiger charge is -2.34. The van der Waals surface area contributed by atoms with Crippen LogP contribution in [0.2, 0.25) is 0 Å². The third-order valence-electron chi connectivity index (χ3n) is 5.87. The van der Waals surface area contributed by atoms with Gasteiger partial charge in [0.25, 0.3) is 0 Å². The van der Waals surface area contributed by atoms with Crippen molar-refractivity contribution in [2.24, 2.45) is 5.92 Å². The Bertz CT molecular complexity index is 867. The second-order valence-corrected chi connectivity index (χ2v) is 7.54. The average Bonchev–Trinajstić information content (AvgIpc) is 3.14. The number of hydrogen-bond donors (Lipinski definition) is 1. The minimum atomic E-state index is 0.111. The molecule has 4 rings (SSSR count). The molecule has 1 aromatic heterocycles. The Morgan fingerprint density at radius 2 is 2.12 bits per heavy atom. The number of hydrogen-bond acceptors (Lipinski definition) is 3. The number of fused-ring (bicyclic) bond motifs is 2. The molecular formula is C20H24N2O3. The van der Waals surface area contributed by atoms with E-state index in [1.165, 1.54) is 5.56 Å². The van der Waals surface area contributed by atoms with Gasteiger partial charge in [0.05, 0.1) is 12.7 Å². The van der Waals surface area contributed by atoms with Gasteiger partial charge in [-0.15, -0.1) is 0 Å². The molecule has 25 heavy (non-hydrogen) atoms. The Balaban J connectivity index is 1.55. The average molecular weight is 340 g/mol. The molecule has 2 atom stereocenters. The van der Waals surface area contributed by atoms with Crippen molar-refractivity contribution in [3.8, 4) is 0 Å². The van der Waals surface area contributed by atoms with E-state index in [0.717, 1.165) is 40.6 Å². The van der Waals surface area contributed by atoms with Crippen LogP contribution in [0.4, 0.5) is 0 Å². The van der Waals surface area contributed by atoms with Crippen LogP contribution in [0.1, 0.15) is 35.1 Å². The first-order valence-electron chi connectivity index (χ1n) is 8.98. The fourth-order valence-corrected chi connectivity index (χ4v) is 4.33. The molecule has 0 unspecified atom stereocenters. The number of rotatable bonds is 2. The molecule has 5 nitrogen and oxygen atoms in total. The van der Waals surface area contributed by atoms with Crippen LogP contribution >= 0.6 is 0 Å². The zero-order valence-corrected chi connectivity index (χ0v) is 15.0. The molecule has 0 spiro atoms. The van der Waals surface area contributed by atoms with E-state index in [-0.39, 0.29) is 17.9 Å². The molecule has 3 heterocycles. The standard InChI is InChI=1S/C20H24N2O3/c1-11-6-12(2)19-15(10-25-20(19)13(11)3)8-18(24)22-5-4-14-7-17(23)21-16(14)9-22/h6,10,14,16H,4-5,7-9H2,1-3H3,(H,21,23)/t14-,16-/m1/s1. The Morgan fingerprint density at radius 1 is 1.32 bits per heavy atom. The third-order valence-corrected chi connectivity index (χ3v) is 5.87. The highest BCUT2D eigenvalue weighted by atomic mass is 16.3. The summed E-state index contributed by atoms with van der Waals surface area (Å²) in [4.78, 5) is 26.3. The highest BCUT2D eigenvalue weighted by Crippen LogP contribution is 2.31. The number of nitrogens with zero attached hydrogens (tertiary/aromatic N) is 1. The van der Waals surface area contributed by atoms with Crippen LogP contribution in [0.3, 0.4) is 0 Å². The first-order chi connectivity index (χ1) is 11.9. The maximum absolute atomic E-state index is 12.8. The molecule has 2 aliphatic heterocycles. The lowest BCUT2D eigenvalue weighted by atomic mass is 9.92. The monoisotopic (exact) mass is 340 g/mol. The van der Waals surface area contributed by atoms with Crippen LogP contribution < -0.4 is 5.32 Å². The Kier molecular flexibility index (Phi) is 3.82. The SMILES string of the molecule is Cc1cc(C)c2c(CC(=O)N3CC[C@@H]4CC(=O)N[C@@H]4C3)coc2c1C. The fourth-order valence-electron chi connectivity index (χ4n) is 4.33. The van der Waals surface area contributed by atoms with Crippen molar-refractivity contribution in [3.05, 3.63) is 34.6 Å². The summed E-state index contributed by atoms with van der Waals surface area (Å²) >= 11 is 0. The van der Waals surface area contributed by atoms with Gasteiger partial charge in [-0.2, -0.15) is 0 Å². The Morgan fingerprint density at radius 3 is 2.92 bits per heavy atom. The maximum Gasteiger partial charge on any atom is 0.227 e. The van der Waals surface area contributed by atoms with Crippen molar-refractivity contribution >= 4 is 22.8 Å². The van der Waals surface area contributed by atoms with Crippen molar-refractivity contribution in [3.63, 3.8) is 0 Å². The first kappa shape index (κ1) is 16.2. The number of likely N-dealkylation sites (tertiary alicyclic amines) is 1. The summed E-state index contributed by atoms with van der Waals surface area (Å²) in [5.41, 5.74) is 5.33. The van der Waals surface area contributed by atoms with Gasteiger partial charge in [0.1, 0.15) is 5.58 Å². The van der Waals surface area contributed by atoms with E-state index in [4.69, 9.17) is 4.42 Å². The molecule has 5 heteroatoms. The molecule has 0 bridgehead atoms. The summed E-state index contributed by atoms with van der Waals surface area (Å²) < 4.78 is 5.79. The fraction of sp³-hybridized carbons (Fsp3) is 0.500. The molecule has 132 valence electrons. The van der Waals surface area contributed by atoms with Crippen LogP contribution in [0.25, 0.3) is 11.0 Å². The summed E-state index contributed by atoms with van der Waals surface area (Å²) in [5.74, 6) is 0.616. The number of aryl methyl sites for hydroxylation is 3. The smallest absolute Gasteiger partial charge is 0.227 e. The summed E-state index contributed by atoms with van der Waals surface area (Å²) in [6, 6.07) is 2.28. The molecular weight excluding hydrogens is 316 g/mol. The van der Waals surface area contributed by atoms with Gasteiger partial charge in [-0.25, -0.2) is 0 Å². The highest BCUT2D eigenvalue weighted by Gasteiger charge is 2.38. The first-order valence-corrected chi connectivity index (χ1v) is 8.98. The van der Waals surface area contributed by atoms with E-state index >= 15 is 0 Å². The highest BCUT2D eigenvalue weighted by molar-refractivity contribution is 5.92. The Labute approximate surface area is 147 Å². The van der Waals surface area contributed by atoms with Gasteiger partial charge in [0.2, 0.25) is 11.8 Å². The molecule has 2 saturated heterocycles. The van der Waals surface area contributed by atoms with E-state index in [2.05, 4.69) is 32.2 Å². The summed E-state index contributed by atoms with van der Waals surface area (Å²) in [6.45, 7) is 7.57. The molecule has 1 N–H and O–H groups in total. The van der Waals surface area contributed by atoms with Gasteiger partial charge in [-0.05, 0) is 49.8 Å². The molecule has 2 amide bonds. The minimum absolute atomic E-state index is 0.111. The van der Waals surface area contributed by atoms with Gasteiger partial charge in [0, 0.05) is 36.5 Å². The number of nitrogens with one attached hydrogen (secondary N) is 1. The zero-order valence-electron chi connectivity index (χ0n) is 15.0. The van der Waals surface area contributed by atoms with Crippen LogP contribution in [0.15, 0.2) is 16.7 Å². The van der Waals surface area contributed by atoms with Crippen molar-refractivity contribution in [1.29, 1.82) is 0 Å². The van der Waals surface area contributed by atoms with Gasteiger partial charge in [-0.1, -0.05) is 6.07 Å². The van der Waals surface area contributed by atoms with Crippen LogP contribution in [-0.4, -0.2) is 35.8 Å². The normalized spacial score (nSPS) is 23.0. The lowest BCUT2D eigenvalue weighted by molar-refractivity contribution is -0.132. The number of carbonyl (C=O) groups is 2. The summed E-state index contributed by atoms with van der Waals surface area (Å²) in [6.07, 6.45) is 3.59. The zero-order chi connectivity index (χ0) is 17.7. The molecule has 0 radical (unpaired) electrons. The quantitative estimate of drug-likeness (QED) is 0.914. The maximum atomic E-state index is 12.8. The predicted molar refractivity (Wildman–Crippen MR) is 95.4 cm³/mol. The van der Waals surface area contributed by atoms with Crippen LogP contribution in [0.5, 0.6) is 0 Å². The van der Waals surface area contributed by atoms with Crippen LogP contribution in [0, 0.1) is 26.7 Å². The molecule has 2 aliphatic rings. The second kappa shape index (κ2) is 5.90. The molecule has 0 saturated carbocycles. The van der Waals surface area contributed by atoms with E-state index in [1.807, 2.05) is 4.90 Å². The van der Waals surface area contributed by atoms with Crippen molar-refractivity contribution < 1.29 is 14.0 Å². The summed E-state index contributed by atoms with van der Waals surface area (Å²) in [7, 11) is 0. The largest absolute Gasteiger partial charge is 0.464 e. The predicted octanol–water partition coefficient (Wildman–Crippen LogP) is 2.64. The van der Waals surface area contributed by atoms with E-state index in [1.54, 1.807) is 6.26 Å². The van der Waals surface area contributed by atoms with Gasteiger partial charge >= 0.3 is 0 Å². The number of benzene rings is 1. The third kappa shape index (κ3) is 2.71. The number of amides is 2. The van der Waals surface area contributed by atoms with Gasteiger partial charge in [-0.3, -0.25) is 9.59 Å². The van der Waals surface area contributed by atoms with E-state index < -0.39 is 0 Å².